The van der Waals surface area contributed by atoms with Crippen LogP contribution in [0.25, 0.3) is 0 Å². The van der Waals surface area contributed by atoms with Gasteiger partial charge in [0.2, 0.25) is 5.91 Å². The summed E-state index contributed by atoms with van der Waals surface area (Å²) in [6.45, 7) is 6.10. The number of carbonyl (C=O) groups is 1. The van der Waals surface area contributed by atoms with E-state index in [1.807, 2.05) is 45.0 Å². The normalized spacial score (nSPS) is 13.2. The first-order valence-corrected chi connectivity index (χ1v) is 6.39. The van der Waals surface area contributed by atoms with E-state index in [0.29, 0.717) is 6.42 Å². The second-order valence-electron chi connectivity index (χ2n) is 5.23. The molecule has 0 aromatic heterocycles. The lowest BCUT2D eigenvalue weighted by Gasteiger charge is -2.26. The fourth-order valence-corrected chi connectivity index (χ4v) is 1.52. The molecule has 3 N–H and O–H groups in total. The van der Waals surface area contributed by atoms with Gasteiger partial charge < -0.3 is 11.1 Å². The highest BCUT2D eigenvalue weighted by Crippen LogP contribution is 2.20. The number of hydrogen-bond acceptors (Lipinski definition) is 2. The molecule has 1 unspecified atom stereocenters. The summed E-state index contributed by atoms with van der Waals surface area (Å²) >= 11 is 3.35. The number of anilines is 1. The highest BCUT2D eigenvalue weighted by atomic mass is 79.9. The molecule has 17 heavy (non-hydrogen) atoms. The van der Waals surface area contributed by atoms with Crippen LogP contribution in [0.4, 0.5) is 5.69 Å². The number of benzene rings is 1. The molecule has 3 nitrogen and oxygen atoms in total. The molecule has 1 aromatic rings. The Morgan fingerprint density at radius 1 is 1.35 bits per heavy atom. The average Bonchev–Trinajstić information content (AvgIpc) is 2.20. The van der Waals surface area contributed by atoms with Crippen LogP contribution in [-0.4, -0.2) is 11.9 Å². The maximum atomic E-state index is 11.8. The van der Waals surface area contributed by atoms with Gasteiger partial charge >= 0.3 is 0 Å². The molecule has 0 aliphatic carbocycles. The van der Waals surface area contributed by atoms with E-state index in [1.54, 1.807) is 0 Å². The van der Waals surface area contributed by atoms with Crippen LogP contribution in [0.5, 0.6) is 0 Å². The van der Waals surface area contributed by atoms with Gasteiger partial charge in [0.05, 0.1) is 0 Å². The fourth-order valence-electron chi connectivity index (χ4n) is 1.25. The van der Waals surface area contributed by atoms with Crippen molar-refractivity contribution in [2.75, 3.05) is 5.32 Å². The summed E-state index contributed by atoms with van der Waals surface area (Å²) in [5.74, 6) is -0.0465. The molecule has 1 aromatic carbocycles. The van der Waals surface area contributed by atoms with Crippen molar-refractivity contribution in [3.8, 4) is 0 Å². The topological polar surface area (TPSA) is 55.1 Å². The summed E-state index contributed by atoms with van der Waals surface area (Å²) in [5, 5.41) is 2.83. The largest absolute Gasteiger partial charge is 0.327 e. The predicted octanol–water partition coefficient (Wildman–Crippen LogP) is 3.15. The summed E-state index contributed by atoms with van der Waals surface area (Å²) in [6.07, 6.45) is 0.333. The molecule has 0 fully saturated rings. The van der Waals surface area contributed by atoms with Gasteiger partial charge in [0, 0.05) is 22.6 Å². The third kappa shape index (κ3) is 4.88. The molecule has 0 heterocycles. The third-order valence-electron chi connectivity index (χ3n) is 2.65. The Morgan fingerprint density at radius 2 is 1.88 bits per heavy atom. The maximum Gasteiger partial charge on any atom is 0.225 e. The number of nitrogens with two attached hydrogens (primary N) is 1. The first-order chi connectivity index (χ1) is 7.79. The van der Waals surface area contributed by atoms with Crippen LogP contribution in [0.1, 0.15) is 27.2 Å². The fraction of sp³-hybridized carbons (Fsp3) is 0.462. The van der Waals surface area contributed by atoms with Crippen LogP contribution in [0, 0.1) is 5.41 Å². The highest BCUT2D eigenvalue weighted by Gasteiger charge is 2.23. The van der Waals surface area contributed by atoms with Gasteiger partial charge in [-0.3, -0.25) is 4.79 Å². The zero-order valence-electron chi connectivity index (χ0n) is 10.5. The molecule has 0 bridgehead atoms. The Hall–Kier alpha value is -0.870. The molecule has 0 radical (unpaired) electrons. The van der Waals surface area contributed by atoms with E-state index in [9.17, 15) is 4.79 Å². The van der Waals surface area contributed by atoms with Gasteiger partial charge in [0.1, 0.15) is 0 Å². The molecule has 0 aliphatic rings. The number of rotatable bonds is 3. The minimum absolute atomic E-state index is 0.0465. The molecular formula is C13H19BrN2O. The lowest BCUT2D eigenvalue weighted by atomic mass is 9.85. The van der Waals surface area contributed by atoms with E-state index in [0.717, 1.165) is 10.2 Å². The summed E-state index contributed by atoms with van der Waals surface area (Å²) in [5.41, 5.74) is 6.69. The number of amides is 1. The molecule has 0 spiro atoms. The Kier molecular flexibility index (Phi) is 4.71. The van der Waals surface area contributed by atoms with Crippen molar-refractivity contribution in [3.63, 3.8) is 0 Å². The molecule has 0 saturated carbocycles. The predicted molar refractivity (Wildman–Crippen MR) is 74.8 cm³/mol. The van der Waals surface area contributed by atoms with Crippen LogP contribution >= 0.6 is 15.9 Å². The first-order valence-electron chi connectivity index (χ1n) is 5.60. The van der Waals surface area contributed by atoms with E-state index in [2.05, 4.69) is 21.2 Å². The van der Waals surface area contributed by atoms with Gasteiger partial charge in [-0.25, -0.2) is 0 Å². The van der Waals surface area contributed by atoms with Gasteiger partial charge in [-0.1, -0.05) is 36.7 Å². The first kappa shape index (κ1) is 14.2. The van der Waals surface area contributed by atoms with Crippen LogP contribution < -0.4 is 11.1 Å². The zero-order chi connectivity index (χ0) is 13.1. The molecular weight excluding hydrogens is 280 g/mol. The van der Waals surface area contributed by atoms with Crippen molar-refractivity contribution in [2.45, 2.75) is 33.2 Å². The molecule has 1 amide bonds. The molecule has 0 aliphatic heterocycles. The van der Waals surface area contributed by atoms with E-state index in [-0.39, 0.29) is 17.4 Å². The van der Waals surface area contributed by atoms with Crippen molar-refractivity contribution in [1.82, 2.24) is 0 Å². The zero-order valence-corrected chi connectivity index (χ0v) is 12.0. The van der Waals surface area contributed by atoms with Crippen LogP contribution in [0.3, 0.4) is 0 Å². The van der Waals surface area contributed by atoms with Crippen molar-refractivity contribution in [3.05, 3.63) is 28.7 Å². The third-order valence-corrected chi connectivity index (χ3v) is 3.17. The molecule has 94 valence electrons. The van der Waals surface area contributed by atoms with Gasteiger partial charge in [-0.05, 0) is 29.7 Å². The summed E-state index contributed by atoms with van der Waals surface area (Å²) in [4.78, 5) is 11.8. The molecule has 1 rings (SSSR count). The number of halogens is 1. The van der Waals surface area contributed by atoms with Crippen LogP contribution in [0.15, 0.2) is 28.7 Å². The van der Waals surface area contributed by atoms with E-state index >= 15 is 0 Å². The van der Waals surface area contributed by atoms with Crippen LogP contribution in [-0.2, 0) is 4.79 Å². The molecule has 1 atom stereocenters. The summed E-state index contributed by atoms with van der Waals surface area (Å²) in [6, 6.07) is 7.34. The quantitative estimate of drug-likeness (QED) is 0.901. The van der Waals surface area contributed by atoms with E-state index < -0.39 is 0 Å². The highest BCUT2D eigenvalue weighted by molar-refractivity contribution is 9.10. The Morgan fingerprint density at radius 3 is 2.35 bits per heavy atom. The summed E-state index contributed by atoms with van der Waals surface area (Å²) in [7, 11) is 0. The second-order valence-corrected chi connectivity index (χ2v) is 6.15. The Bertz CT molecular complexity index is 381. The van der Waals surface area contributed by atoms with E-state index in [1.165, 1.54) is 0 Å². The van der Waals surface area contributed by atoms with Gasteiger partial charge in [0.15, 0.2) is 0 Å². The standard InChI is InChI=1S/C13H19BrN2O/c1-13(2,3)11(15)8-12(17)16-10-6-4-9(14)5-7-10/h4-7,11H,8,15H2,1-3H3,(H,16,17). The van der Waals surface area contributed by atoms with Crippen LogP contribution in [0.2, 0.25) is 0 Å². The Balaban J connectivity index is 2.53. The van der Waals surface area contributed by atoms with E-state index in [4.69, 9.17) is 5.73 Å². The van der Waals surface area contributed by atoms with Crippen molar-refractivity contribution in [1.29, 1.82) is 0 Å². The number of nitrogens with one attached hydrogen (secondary N) is 1. The minimum atomic E-state index is -0.141. The lowest BCUT2D eigenvalue weighted by Crippen LogP contribution is -2.38. The molecule has 0 saturated heterocycles. The number of carbonyl (C=O) groups excluding carboxylic acids is 1. The molecule has 4 heteroatoms. The SMILES string of the molecule is CC(C)(C)C(N)CC(=O)Nc1ccc(Br)cc1. The minimum Gasteiger partial charge on any atom is -0.327 e. The Labute approximate surface area is 111 Å². The summed E-state index contributed by atoms with van der Waals surface area (Å²) < 4.78 is 0.988. The van der Waals surface area contributed by atoms with Crippen molar-refractivity contribution in [2.24, 2.45) is 11.1 Å². The average molecular weight is 299 g/mol. The number of hydrogen-bond donors (Lipinski definition) is 2. The smallest absolute Gasteiger partial charge is 0.225 e. The maximum absolute atomic E-state index is 11.8. The monoisotopic (exact) mass is 298 g/mol. The van der Waals surface area contributed by atoms with Crippen molar-refractivity contribution >= 4 is 27.5 Å². The van der Waals surface area contributed by atoms with Gasteiger partial charge in [-0.2, -0.15) is 0 Å². The van der Waals surface area contributed by atoms with Gasteiger partial charge in [0.25, 0.3) is 0 Å². The van der Waals surface area contributed by atoms with Crippen molar-refractivity contribution < 1.29 is 4.79 Å². The second kappa shape index (κ2) is 5.65. The van der Waals surface area contributed by atoms with Gasteiger partial charge in [-0.15, -0.1) is 0 Å². The lowest BCUT2D eigenvalue weighted by molar-refractivity contribution is -0.117.